The minimum atomic E-state index is -3.40. The highest BCUT2D eigenvalue weighted by Gasteiger charge is 2.58. The van der Waals surface area contributed by atoms with Crippen molar-refractivity contribution >= 4 is 7.60 Å². The van der Waals surface area contributed by atoms with Crippen molar-refractivity contribution in [3.63, 3.8) is 0 Å². The van der Waals surface area contributed by atoms with Crippen molar-refractivity contribution in [1.82, 2.24) is 0 Å². The highest BCUT2D eigenvalue weighted by atomic mass is 31.2. The maximum Gasteiger partial charge on any atom is 0.361 e. The Bertz CT molecular complexity index is 235. The molecule has 4 nitrogen and oxygen atoms in total. The van der Waals surface area contributed by atoms with E-state index < -0.39 is 12.9 Å². The summed E-state index contributed by atoms with van der Waals surface area (Å²) in [4.78, 5) is 0. The second-order valence-electron chi connectivity index (χ2n) is 4.03. The van der Waals surface area contributed by atoms with Crippen LogP contribution in [0, 0.1) is 11.8 Å². The number of rotatable bonds is 3. The summed E-state index contributed by atoms with van der Waals surface area (Å²) in [6, 6.07) is 0. The Morgan fingerprint density at radius 2 is 1.57 bits per heavy atom. The lowest BCUT2D eigenvalue weighted by molar-refractivity contribution is 0.0214. The van der Waals surface area contributed by atoms with Gasteiger partial charge < -0.3 is 14.2 Å². The molecule has 0 heterocycles. The quantitative estimate of drug-likeness (QED) is 0.744. The van der Waals surface area contributed by atoms with Gasteiger partial charge in [-0.1, -0.05) is 13.8 Å². The van der Waals surface area contributed by atoms with E-state index in [0.717, 1.165) is 12.8 Å². The van der Waals surface area contributed by atoms with Gasteiger partial charge in [-0.3, -0.25) is 4.57 Å². The minimum absolute atomic E-state index is 0.0526. The minimum Gasteiger partial charge on any atom is -0.377 e. The molecule has 0 bridgehead atoms. The van der Waals surface area contributed by atoms with Gasteiger partial charge in [-0.15, -0.1) is 0 Å². The first-order chi connectivity index (χ1) is 6.42. The normalized spacial score (nSPS) is 38.9. The highest BCUT2D eigenvalue weighted by molar-refractivity contribution is 7.55. The maximum atomic E-state index is 12.2. The molecule has 0 aliphatic heterocycles. The lowest BCUT2D eigenvalue weighted by atomic mass is 10.0. The van der Waals surface area contributed by atoms with E-state index in [1.165, 1.54) is 14.2 Å². The number of hydrogen-bond donors (Lipinski definition) is 1. The van der Waals surface area contributed by atoms with Gasteiger partial charge in [-0.2, -0.15) is 0 Å². The second kappa shape index (κ2) is 3.93. The average molecular weight is 222 g/mol. The van der Waals surface area contributed by atoms with Gasteiger partial charge in [0.05, 0.1) is 0 Å². The van der Waals surface area contributed by atoms with E-state index in [2.05, 4.69) is 0 Å². The molecule has 1 aliphatic rings. The van der Waals surface area contributed by atoms with Crippen LogP contribution in [0.3, 0.4) is 0 Å². The summed E-state index contributed by atoms with van der Waals surface area (Å²) in [6.07, 6.45) is 1.71. The van der Waals surface area contributed by atoms with E-state index in [9.17, 15) is 9.67 Å². The molecule has 5 heteroatoms. The van der Waals surface area contributed by atoms with Gasteiger partial charge in [0.25, 0.3) is 0 Å². The topological polar surface area (TPSA) is 55.8 Å². The maximum absolute atomic E-state index is 12.2. The number of hydrogen-bond acceptors (Lipinski definition) is 4. The molecule has 0 saturated heterocycles. The molecule has 1 N–H and O–H groups in total. The molecule has 1 aliphatic carbocycles. The lowest BCUT2D eigenvalue weighted by Gasteiger charge is -2.36. The fraction of sp³-hybridized carbons (Fsp3) is 1.00. The van der Waals surface area contributed by atoms with Crippen LogP contribution in [0.5, 0.6) is 0 Å². The fourth-order valence-corrected chi connectivity index (χ4v) is 4.39. The first-order valence-electron chi connectivity index (χ1n) is 4.86. The van der Waals surface area contributed by atoms with E-state index in [1.807, 2.05) is 13.8 Å². The molecule has 0 amide bonds. The monoisotopic (exact) mass is 222 g/mol. The molecular weight excluding hydrogens is 203 g/mol. The van der Waals surface area contributed by atoms with Gasteiger partial charge in [-0.05, 0) is 24.7 Å². The standard InChI is InChI=1S/C9H19O4P/c1-7-5-6-8(2)9(7,10)14(11,12-3)13-4/h7-8,10H,5-6H2,1-4H3. The van der Waals surface area contributed by atoms with Crippen LogP contribution >= 0.6 is 7.60 Å². The molecule has 0 radical (unpaired) electrons. The lowest BCUT2D eigenvalue weighted by Crippen LogP contribution is -2.38. The van der Waals surface area contributed by atoms with Crippen LogP contribution in [0.25, 0.3) is 0 Å². The molecule has 2 unspecified atom stereocenters. The Kier molecular flexibility index (Phi) is 3.42. The van der Waals surface area contributed by atoms with Crippen LogP contribution in [0.4, 0.5) is 0 Å². The zero-order valence-corrected chi connectivity index (χ0v) is 10.1. The molecule has 0 aromatic heterocycles. The molecule has 0 spiro atoms. The smallest absolute Gasteiger partial charge is 0.361 e. The summed E-state index contributed by atoms with van der Waals surface area (Å²) >= 11 is 0. The van der Waals surface area contributed by atoms with Crippen LogP contribution in [0.1, 0.15) is 26.7 Å². The van der Waals surface area contributed by atoms with Crippen molar-refractivity contribution in [3.05, 3.63) is 0 Å². The summed E-state index contributed by atoms with van der Waals surface area (Å²) in [5, 5.41) is 9.11. The van der Waals surface area contributed by atoms with Gasteiger partial charge in [0.2, 0.25) is 0 Å². The summed E-state index contributed by atoms with van der Waals surface area (Å²) < 4.78 is 22.0. The molecule has 2 atom stereocenters. The molecule has 1 rings (SSSR count). The van der Waals surface area contributed by atoms with Crippen molar-refractivity contribution in [2.45, 2.75) is 32.0 Å². The summed E-state index contributed by atoms with van der Waals surface area (Å²) in [6.45, 7) is 3.77. The van der Waals surface area contributed by atoms with Crippen LogP contribution in [0.2, 0.25) is 0 Å². The zero-order chi connectivity index (χ0) is 11.0. The summed E-state index contributed by atoms with van der Waals surface area (Å²) in [7, 11) is -0.758. The number of aliphatic hydroxyl groups is 1. The van der Waals surface area contributed by atoms with Gasteiger partial charge in [0, 0.05) is 14.2 Å². The Morgan fingerprint density at radius 1 is 1.21 bits per heavy atom. The molecule has 14 heavy (non-hydrogen) atoms. The highest BCUT2D eigenvalue weighted by Crippen LogP contribution is 2.67. The average Bonchev–Trinajstić information content (AvgIpc) is 2.46. The van der Waals surface area contributed by atoms with Crippen molar-refractivity contribution in [3.8, 4) is 0 Å². The van der Waals surface area contributed by atoms with Crippen LogP contribution in [-0.2, 0) is 13.6 Å². The third-order valence-electron chi connectivity index (χ3n) is 3.40. The zero-order valence-electron chi connectivity index (χ0n) is 9.19. The Labute approximate surface area is 85.1 Å². The van der Waals surface area contributed by atoms with Crippen LogP contribution in [-0.4, -0.2) is 24.7 Å². The van der Waals surface area contributed by atoms with Gasteiger partial charge in [0.1, 0.15) is 0 Å². The first-order valence-corrected chi connectivity index (χ1v) is 6.40. The SMILES string of the molecule is COP(=O)(OC)C1(O)C(C)CCC1C. The predicted octanol–water partition coefficient (Wildman–Crippen LogP) is 2.23. The Morgan fingerprint density at radius 3 is 1.86 bits per heavy atom. The van der Waals surface area contributed by atoms with Crippen molar-refractivity contribution < 1.29 is 18.7 Å². The van der Waals surface area contributed by atoms with Gasteiger partial charge in [-0.25, -0.2) is 0 Å². The van der Waals surface area contributed by atoms with Gasteiger partial charge >= 0.3 is 7.60 Å². The fourth-order valence-electron chi connectivity index (χ4n) is 2.32. The Hall–Kier alpha value is 0.110. The molecule has 1 fully saturated rings. The largest absolute Gasteiger partial charge is 0.377 e. The van der Waals surface area contributed by atoms with Crippen molar-refractivity contribution in [2.24, 2.45) is 11.8 Å². The van der Waals surface area contributed by atoms with E-state index >= 15 is 0 Å². The Balaban J connectivity index is 3.08. The van der Waals surface area contributed by atoms with Crippen LogP contribution in [0.15, 0.2) is 0 Å². The van der Waals surface area contributed by atoms with E-state index in [-0.39, 0.29) is 11.8 Å². The van der Waals surface area contributed by atoms with E-state index in [0.29, 0.717) is 0 Å². The predicted molar refractivity (Wildman–Crippen MR) is 54.1 cm³/mol. The van der Waals surface area contributed by atoms with Crippen molar-refractivity contribution in [1.29, 1.82) is 0 Å². The molecule has 84 valence electrons. The molecule has 1 saturated carbocycles. The van der Waals surface area contributed by atoms with E-state index in [1.54, 1.807) is 0 Å². The second-order valence-corrected chi connectivity index (χ2v) is 6.47. The summed E-state index contributed by atoms with van der Waals surface area (Å²) in [5.74, 6) is -0.105. The van der Waals surface area contributed by atoms with E-state index in [4.69, 9.17) is 9.05 Å². The van der Waals surface area contributed by atoms with Crippen molar-refractivity contribution in [2.75, 3.05) is 14.2 Å². The third-order valence-corrected chi connectivity index (χ3v) is 6.12. The molecule has 0 aromatic carbocycles. The summed E-state index contributed by atoms with van der Waals surface area (Å²) in [5.41, 5.74) is 0. The first kappa shape index (κ1) is 12.2. The molecular formula is C9H19O4P. The molecule has 0 aromatic rings. The van der Waals surface area contributed by atoms with Crippen LogP contribution < -0.4 is 0 Å². The third kappa shape index (κ3) is 1.45. The van der Waals surface area contributed by atoms with Gasteiger partial charge in [0.15, 0.2) is 5.34 Å².